The third kappa shape index (κ3) is 3.97. The first-order chi connectivity index (χ1) is 10.9. The van der Waals surface area contributed by atoms with Gasteiger partial charge in [-0.1, -0.05) is 54.3 Å². The van der Waals surface area contributed by atoms with Gasteiger partial charge in [-0.15, -0.1) is 0 Å². The quantitative estimate of drug-likeness (QED) is 0.374. The van der Waals surface area contributed by atoms with E-state index in [4.69, 9.17) is 0 Å². The molecule has 4 heteroatoms. The van der Waals surface area contributed by atoms with Crippen molar-refractivity contribution in [3.05, 3.63) is 76.1 Å². The van der Waals surface area contributed by atoms with Crippen LogP contribution in [0.1, 0.15) is 45.1 Å². The Morgan fingerprint density at radius 3 is 2.26 bits per heavy atom. The Kier molecular flexibility index (Phi) is 5.89. The van der Waals surface area contributed by atoms with Crippen LogP contribution in [0.3, 0.4) is 0 Å². The van der Waals surface area contributed by atoms with E-state index < -0.39 is 11.6 Å². The molecule has 0 nitrogen and oxygen atoms in total. The molecule has 0 radical (unpaired) electrons. The minimum absolute atomic E-state index is 0.168. The maximum Gasteiger partial charge on any atom is 0.161 e. The maximum atomic E-state index is 14.3. The van der Waals surface area contributed by atoms with Crippen molar-refractivity contribution in [2.45, 2.75) is 30.6 Å². The number of rotatable bonds is 5. The summed E-state index contributed by atoms with van der Waals surface area (Å²) >= 11 is 2.28. The third-order valence-electron chi connectivity index (χ3n) is 3.80. The molecule has 0 N–H and O–H groups in total. The Labute approximate surface area is 148 Å². The second-order valence-electron chi connectivity index (χ2n) is 5.55. The largest absolute Gasteiger partial charge is 0.206 e. The zero-order valence-corrected chi connectivity index (χ0v) is 15.3. The standard InChI is InChI=1S/C19H18F3I/c1-4-14-15(18(23)5-2)8-13(9-16(14)20)7-12-6-11(3)19(22)17(21)10-12/h4,6,8-10,18H,1,5,7H2,2-3H3. The SMILES string of the molecule is C=Cc1c(F)cc(Cc2cc(C)c(F)c(F)c2)cc1C(I)CC. The molecule has 0 aromatic heterocycles. The lowest BCUT2D eigenvalue weighted by Gasteiger charge is -2.15. The van der Waals surface area contributed by atoms with Crippen molar-refractivity contribution < 1.29 is 13.2 Å². The lowest BCUT2D eigenvalue weighted by atomic mass is 9.95. The lowest BCUT2D eigenvalue weighted by molar-refractivity contribution is 0.502. The van der Waals surface area contributed by atoms with Crippen LogP contribution in [0.5, 0.6) is 0 Å². The van der Waals surface area contributed by atoms with E-state index >= 15 is 0 Å². The summed E-state index contributed by atoms with van der Waals surface area (Å²) < 4.78 is 41.4. The van der Waals surface area contributed by atoms with Gasteiger partial charge in [-0.25, -0.2) is 13.2 Å². The minimum Gasteiger partial charge on any atom is -0.206 e. The molecule has 2 rings (SSSR count). The van der Waals surface area contributed by atoms with Crippen LogP contribution in [0.4, 0.5) is 13.2 Å². The van der Waals surface area contributed by atoms with Gasteiger partial charge in [0.2, 0.25) is 0 Å². The van der Waals surface area contributed by atoms with Crippen LogP contribution >= 0.6 is 22.6 Å². The van der Waals surface area contributed by atoms with Crippen LogP contribution < -0.4 is 0 Å². The Hall–Kier alpha value is -1.30. The molecule has 0 heterocycles. The summed E-state index contributed by atoms with van der Waals surface area (Å²) in [6.45, 7) is 7.24. The first-order valence-electron chi connectivity index (χ1n) is 7.40. The molecule has 1 atom stereocenters. The predicted molar refractivity (Wildman–Crippen MR) is 97.4 cm³/mol. The van der Waals surface area contributed by atoms with Gasteiger partial charge in [-0.2, -0.15) is 0 Å². The van der Waals surface area contributed by atoms with Crippen molar-refractivity contribution in [2.24, 2.45) is 0 Å². The lowest BCUT2D eigenvalue weighted by Crippen LogP contribution is -2.01. The molecule has 0 amide bonds. The van der Waals surface area contributed by atoms with Crippen LogP contribution in [0.25, 0.3) is 6.08 Å². The molecule has 0 saturated heterocycles. The summed E-state index contributed by atoms with van der Waals surface area (Å²) in [7, 11) is 0. The molecule has 0 aliphatic heterocycles. The van der Waals surface area contributed by atoms with Crippen molar-refractivity contribution in [1.82, 2.24) is 0 Å². The number of hydrogen-bond donors (Lipinski definition) is 0. The highest BCUT2D eigenvalue weighted by atomic mass is 127. The van der Waals surface area contributed by atoms with E-state index in [1.54, 1.807) is 6.07 Å². The van der Waals surface area contributed by atoms with Gasteiger partial charge in [-0.3, -0.25) is 0 Å². The molecular formula is C19H18F3I. The molecule has 0 bridgehead atoms. The highest BCUT2D eigenvalue weighted by Gasteiger charge is 2.15. The van der Waals surface area contributed by atoms with Crippen molar-refractivity contribution in [2.75, 3.05) is 0 Å². The number of aryl methyl sites for hydroxylation is 1. The molecule has 0 aliphatic carbocycles. The second kappa shape index (κ2) is 7.51. The molecule has 122 valence electrons. The van der Waals surface area contributed by atoms with Crippen LogP contribution in [0.2, 0.25) is 0 Å². The van der Waals surface area contributed by atoms with Gasteiger partial charge >= 0.3 is 0 Å². The van der Waals surface area contributed by atoms with Gasteiger partial charge in [0.05, 0.1) is 0 Å². The summed E-state index contributed by atoms with van der Waals surface area (Å²) in [5, 5.41) is 0. The number of halogens is 4. The number of alkyl halides is 1. The molecule has 23 heavy (non-hydrogen) atoms. The third-order valence-corrected chi connectivity index (χ3v) is 5.35. The molecule has 0 saturated carbocycles. The first kappa shape index (κ1) is 18.0. The summed E-state index contributed by atoms with van der Waals surface area (Å²) in [5.74, 6) is -2.04. The maximum absolute atomic E-state index is 14.3. The van der Waals surface area contributed by atoms with Crippen LogP contribution in [0.15, 0.2) is 30.8 Å². The molecule has 2 aromatic carbocycles. The van der Waals surface area contributed by atoms with E-state index in [9.17, 15) is 13.2 Å². The van der Waals surface area contributed by atoms with Gasteiger partial charge in [0.15, 0.2) is 11.6 Å². The summed E-state index contributed by atoms with van der Waals surface area (Å²) in [6.07, 6.45) is 2.75. The number of benzene rings is 2. The Bertz CT molecular complexity index is 715. The van der Waals surface area contributed by atoms with Crippen LogP contribution in [-0.2, 0) is 6.42 Å². The highest BCUT2D eigenvalue weighted by Crippen LogP contribution is 2.33. The molecule has 2 aromatic rings. The molecule has 0 fully saturated rings. The van der Waals surface area contributed by atoms with E-state index in [-0.39, 0.29) is 15.3 Å². The molecule has 0 spiro atoms. The van der Waals surface area contributed by atoms with Crippen molar-refractivity contribution in [3.63, 3.8) is 0 Å². The Morgan fingerprint density at radius 1 is 1.09 bits per heavy atom. The van der Waals surface area contributed by atoms with Crippen molar-refractivity contribution >= 4 is 28.7 Å². The zero-order chi connectivity index (χ0) is 17.1. The Morgan fingerprint density at radius 2 is 1.70 bits per heavy atom. The predicted octanol–water partition coefficient (Wildman–Crippen LogP) is 6.53. The van der Waals surface area contributed by atoms with Gasteiger partial charge < -0.3 is 0 Å². The van der Waals surface area contributed by atoms with E-state index in [0.717, 1.165) is 17.5 Å². The zero-order valence-electron chi connectivity index (χ0n) is 13.1. The first-order valence-corrected chi connectivity index (χ1v) is 8.65. The normalized spacial score (nSPS) is 12.3. The summed E-state index contributed by atoms with van der Waals surface area (Å²) in [5.41, 5.74) is 3.01. The topological polar surface area (TPSA) is 0 Å². The smallest absolute Gasteiger partial charge is 0.161 e. The summed E-state index contributed by atoms with van der Waals surface area (Å²) in [6, 6.07) is 6.13. The molecule has 1 unspecified atom stereocenters. The van der Waals surface area contributed by atoms with Crippen LogP contribution in [0, 0.1) is 24.4 Å². The van der Waals surface area contributed by atoms with Gasteiger partial charge in [-0.05, 0) is 54.2 Å². The Balaban J connectivity index is 2.45. The second-order valence-corrected chi connectivity index (χ2v) is 7.05. The highest BCUT2D eigenvalue weighted by molar-refractivity contribution is 14.1. The van der Waals surface area contributed by atoms with Crippen molar-refractivity contribution in [1.29, 1.82) is 0 Å². The van der Waals surface area contributed by atoms with E-state index in [1.165, 1.54) is 25.1 Å². The van der Waals surface area contributed by atoms with Gasteiger partial charge in [0.1, 0.15) is 5.82 Å². The van der Waals surface area contributed by atoms with Crippen molar-refractivity contribution in [3.8, 4) is 0 Å². The average Bonchev–Trinajstić information content (AvgIpc) is 2.51. The fourth-order valence-electron chi connectivity index (χ4n) is 2.63. The molecular weight excluding hydrogens is 412 g/mol. The van der Waals surface area contributed by atoms with Crippen LogP contribution in [-0.4, -0.2) is 0 Å². The van der Waals surface area contributed by atoms with E-state index in [1.807, 2.05) is 13.0 Å². The summed E-state index contributed by atoms with van der Waals surface area (Å²) in [4.78, 5) is 0. The minimum atomic E-state index is -0.872. The number of hydrogen-bond acceptors (Lipinski definition) is 0. The molecule has 0 aliphatic rings. The fourth-order valence-corrected chi connectivity index (χ4v) is 3.14. The fraction of sp³-hybridized carbons (Fsp3) is 0.263. The van der Waals surface area contributed by atoms with Gasteiger partial charge in [0.25, 0.3) is 0 Å². The van der Waals surface area contributed by atoms with E-state index in [2.05, 4.69) is 29.2 Å². The monoisotopic (exact) mass is 430 g/mol. The average molecular weight is 430 g/mol. The van der Waals surface area contributed by atoms with E-state index in [0.29, 0.717) is 17.5 Å². The van der Waals surface area contributed by atoms with Gasteiger partial charge in [0, 0.05) is 9.49 Å².